The van der Waals surface area contributed by atoms with Gasteiger partial charge in [-0.1, -0.05) is 25.1 Å². The van der Waals surface area contributed by atoms with Gasteiger partial charge in [-0.2, -0.15) is 0 Å². The zero-order chi connectivity index (χ0) is 13.0. The van der Waals surface area contributed by atoms with Crippen LogP contribution >= 0.6 is 0 Å². The average Bonchev–Trinajstić information content (AvgIpc) is 2.78. The molecule has 0 spiro atoms. The normalized spacial score (nSPS) is 12.1. The molecule has 1 aromatic carbocycles. The lowest BCUT2D eigenvalue weighted by Crippen LogP contribution is -2.23. The number of fused-ring (bicyclic) bond motifs is 1. The minimum absolute atomic E-state index is 0.180. The van der Waals surface area contributed by atoms with Gasteiger partial charge in [-0.3, -0.25) is 0 Å². The summed E-state index contributed by atoms with van der Waals surface area (Å²) in [5.41, 5.74) is 1.91. The highest BCUT2D eigenvalue weighted by molar-refractivity contribution is 7.91. The van der Waals surface area contributed by atoms with Crippen LogP contribution in [0.5, 0.6) is 0 Å². The van der Waals surface area contributed by atoms with Gasteiger partial charge in [-0.05, 0) is 6.07 Å². The lowest BCUT2D eigenvalue weighted by molar-refractivity contribution is 0.589. The van der Waals surface area contributed by atoms with E-state index in [2.05, 4.69) is 5.32 Å². The Balaban J connectivity index is 1.91. The summed E-state index contributed by atoms with van der Waals surface area (Å²) in [5, 5.41) is 4.20. The number of rotatable bonds is 6. The van der Waals surface area contributed by atoms with Gasteiger partial charge >= 0.3 is 0 Å². The van der Waals surface area contributed by atoms with Crippen LogP contribution < -0.4 is 5.32 Å². The van der Waals surface area contributed by atoms with Crippen LogP contribution in [0.25, 0.3) is 11.0 Å². The van der Waals surface area contributed by atoms with Crippen molar-refractivity contribution in [2.75, 3.05) is 18.1 Å². The maximum atomic E-state index is 11.3. The maximum absolute atomic E-state index is 11.3. The van der Waals surface area contributed by atoms with Gasteiger partial charge in [0.15, 0.2) is 9.84 Å². The molecule has 0 aliphatic heterocycles. The fraction of sp³-hybridized carbons (Fsp3) is 0.385. The van der Waals surface area contributed by atoms with Crippen molar-refractivity contribution in [3.8, 4) is 0 Å². The number of hydrogen-bond donors (Lipinski definition) is 1. The Hall–Kier alpha value is -1.33. The quantitative estimate of drug-likeness (QED) is 0.813. The average molecular weight is 267 g/mol. The molecule has 1 heterocycles. The van der Waals surface area contributed by atoms with Crippen molar-refractivity contribution < 1.29 is 12.8 Å². The van der Waals surface area contributed by atoms with Crippen molar-refractivity contribution in [1.82, 2.24) is 5.32 Å². The van der Waals surface area contributed by atoms with Gasteiger partial charge in [0.1, 0.15) is 5.58 Å². The van der Waals surface area contributed by atoms with Crippen molar-refractivity contribution in [2.24, 2.45) is 0 Å². The molecule has 2 rings (SSSR count). The molecule has 0 fully saturated rings. The molecule has 2 aromatic rings. The molecule has 0 aliphatic carbocycles. The minimum Gasteiger partial charge on any atom is -0.464 e. The van der Waals surface area contributed by atoms with Crippen molar-refractivity contribution >= 4 is 20.8 Å². The molecular formula is C13H17NO3S. The first-order chi connectivity index (χ1) is 8.62. The third-order valence-corrected chi connectivity index (χ3v) is 4.61. The van der Waals surface area contributed by atoms with Crippen molar-refractivity contribution in [3.05, 3.63) is 36.1 Å². The first kappa shape index (κ1) is 13.1. The van der Waals surface area contributed by atoms with Crippen molar-refractivity contribution in [3.63, 3.8) is 0 Å². The van der Waals surface area contributed by atoms with E-state index >= 15 is 0 Å². The van der Waals surface area contributed by atoms with Crippen molar-refractivity contribution in [2.45, 2.75) is 13.5 Å². The van der Waals surface area contributed by atoms with Gasteiger partial charge in [-0.15, -0.1) is 0 Å². The van der Waals surface area contributed by atoms with E-state index in [-0.39, 0.29) is 11.5 Å². The van der Waals surface area contributed by atoms with Crippen LogP contribution in [-0.4, -0.2) is 26.5 Å². The Labute approximate surface area is 107 Å². The van der Waals surface area contributed by atoms with E-state index < -0.39 is 9.84 Å². The molecule has 0 unspecified atom stereocenters. The standard InChI is InChI=1S/C13H17NO3S/c1-2-18(15,16)8-7-14-9-11-10-17-13-6-4-3-5-12(11)13/h3-6,10,14H,2,7-9H2,1H3. The topological polar surface area (TPSA) is 59.3 Å². The maximum Gasteiger partial charge on any atom is 0.151 e. The lowest BCUT2D eigenvalue weighted by atomic mass is 10.2. The van der Waals surface area contributed by atoms with Crippen LogP contribution in [0.2, 0.25) is 0 Å². The zero-order valence-corrected chi connectivity index (χ0v) is 11.2. The molecule has 1 N–H and O–H groups in total. The zero-order valence-electron chi connectivity index (χ0n) is 10.3. The molecule has 1 aromatic heterocycles. The molecule has 18 heavy (non-hydrogen) atoms. The van der Waals surface area contributed by atoms with Crippen LogP contribution in [0.3, 0.4) is 0 Å². The summed E-state index contributed by atoms with van der Waals surface area (Å²) >= 11 is 0. The largest absolute Gasteiger partial charge is 0.464 e. The van der Waals surface area contributed by atoms with E-state index in [0.29, 0.717) is 13.1 Å². The summed E-state index contributed by atoms with van der Waals surface area (Å²) in [4.78, 5) is 0. The molecular weight excluding hydrogens is 250 g/mol. The second kappa shape index (κ2) is 5.54. The molecule has 5 heteroatoms. The van der Waals surface area contributed by atoms with E-state index in [9.17, 15) is 8.42 Å². The first-order valence-electron chi connectivity index (χ1n) is 5.98. The van der Waals surface area contributed by atoms with Crippen LogP contribution in [-0.2, 0) is 16.4 Å². The third-order valence-electron chi connectivity index (χ3n) is 2.91. The number of furan rings is 1. The van der Waals surface area contributed by atoms with Crippen molar-refractivity contribution in [1.29, 1.82) is 0 Å². The number of benzene rings is 1. The molecule has 98 valence electrons. The van der Waals surface area contributed by atoms with Crippen LogP contribution in [0, 0.1) is 0 Å². The Morgan fingerprint density at radius 3 is 2.83 bits per heavy atom. The summed E-state index contributed by atoms with van der Waals surface area (Å²) in [6, 6.07) is 7.80. The number of hydrogen-bond acceptors (Lipinski definition) is 4. The smallest absolute Gasteiger partial charge is 0.151 e. The molecule has 0 saturated carbocycles. The van der Waals surface area contributed by atoms with Gasteiger partial charge in [0.25, 0.3) is 0 Å². The second-order valence-corrected chi connectivity index (χ2v) is 6.64. The highest BCUT2D eigenvalue weighted by atomic mass is 32.2. The van der Waals surface area contributed by atoms with E-state index in [0.717, 1.165) is 16.5 Å². The second-order valence-electron chi connectivity index (χ2n) is 4.17. The van der Waals surface area contributed by atoms with Gasteiger partial charge in [0, 0.05) is 29.8 Å². The monoisotopic (exact) mass is 267 g/mol. The minimum atomic E-state index is -2.89. The fourth-order valence-corrected chi connectivity index (χ4v) is 2.51. The number of para-hydroxylation sites is 1. The summed E-state index contributed by atoms with van der Waals surface area (Å²) in [6.45, 7) is 2.75. The predicted molar refractivity (Wildman–Crippen MR) is 72.2 cm³/mol. The van der Waals surface area contributed by atoms with E-state index in [4.69, 9.17) is 4.42 Å². The molecule has 0 aliphatic rings. The van der Waals surface area contributed by atoms with E-state index in [1.165, 1.54) is 0 Å². The summed E-state index contributed by atoms with van der Waals surface area (Å²) in [6.07, 6.45) is 1.71. The Morgan fingerprint density at radius 1 is 1.28 bits per heavy atom. The summed E-state index contributed by atoms with van der Waals surface area (Å²) in [7, 11) is -2.89. The molecule has 0 radical (unpaired) electrons. The van der Waals surface area contributed by atoms with Crippen LogP contribution in [0.4, 0.5) is 0 Å². The van der Waals surface area contributed by atoms with Gasteiger partial charge in [-0.25, -0.2) is 8.42 Å². The first-order valence-corrected chi connectivity index (χ1v) is 7.81. The summed E-state index contributed by atoms with van der Waals surface area (Å²) < 4.78 is 28.0. The highest BCUT2D eigenvalue weighted by Crippen LogP contribution is 2.20. The van der Waals surface area contributed by atoms with Gasteiger partial charge < -0.3 is 9.73 Å². The summed E-state index contributed by atoms with van der Waals surface area (Å²) in [5.74, 6) is 0.378. The SMILES string of the molecule is CCS(=O)(=O)CCNCc1coc2ccccc12. The van der Waals surface area contributed by atoms with E-state index in [1.807, 2.05) is 24.3 Å². The molecule has 0 atom stereocenters. The molecule has 0 saturated heterocycles. The molecule has 0 bridgehead atoms. The predicted octanol–water partition coefficient (Wildman–Crippen LogP) is 1.96. The number of nitrogens with one attached hydrogen (secondary N) is 1. The van der Waals surface area contributed by atoms with Crippen LogP contribution in [0.1, 0.15) is 12.5 Å². The molecule has 4 nitrogen and oxygen atoms in total. The lowest BCUT2D eigenvalue weighted by Gasteiger charge is -2.03. The van der Waals surface area contributed by atoms with E-state index in [1.54, 1.807) is 13.2 Å². The van der Waals surface area contributed by atoms with Crippen LogP contribution in [0.15, 0.2) is 34.9 Å². The fourth-order valence-electron chi connectivity index (χ4n) is 1.76. The van der Waals surface area contributed by atoms with Gasteiger partial charge in [0.2, 0.25) is 0 Å². The Kier molecular flexibility index (Phi) is 4.04. The Bertz CT molecular complexity index is 616. The van der Waals surface area contributed by atoms with Gasteiger partial charge in [0.05, 0.1) is 12.0 Å². The molecule has 0 amide bonds. The highest BCUT2D eigenvalue weighted by Gasteiger charge is 2.07. The number of sulfone groups is 1. The third kappa shape index (κ3) is 3.11. The Morgan fingerprint density at radius 2 is 2.06 bits per heavy atom.